The molecule has 15 heavy (non-hydrogen) atoms. The fourth-order valence-corrected chi connectivity index (χ4v) is 1.16. The van der Waals surface area contributed by atoms with Gasteiger partial charge in [0.25, 0.3) is 0 Å². The van der Waals surface area contributed by atoms with E-state index >= 15 is 0 Å². The zero-order valence-corrected chi connectivity index (χ0v) is 9.82. The first-order chi connectivity index (χ1) is 7.02. The molecule has 1 rings (SSSR count). The molecule has 1 aromatic carbocycles. The van der Waals surface area contributed by atoms with Crippen molar-refractivity contribution in [2.75, 3.05) is 0 Å². The maximum Gasteiger partial charge on any atom is 0.300 e. The van der Waals surface area contributed by atoms with Crippen molar-refractivity contribution in [2.24, 2.45) is 0 Å². The summed E-state index contributed by atoms with van der Waals surface area (Å²) in [5.41, 5.74) is -0.593. The molecule has 0 N–H and O–H groups in total. The Kier molecular flexibility index (Phi) is 6.24. The molecule has 84 valence electrons. The summed E-state index contributed by atoms with van der Waals surface area (Å²) in [5.74, 6) is -2.44. The Labute approximate surface area is 94.4 Å². The van der Waals surface area contributed by atoms with Gasteiger partial charge in [-0.25, -0.2) is 13.2 Å². The molecule has 0 amide bonds. The topological polar surface area (TPSA) is 17.1 Å². The number of benzene rings is 1. The van der Waals surface area contributed by atoms with Gasteiger partial charge in [0, 0.05) is 4.47 Å². The summed E-state index contributed by atoms with van der Waals surface area (Å²) < 4.78 is 37.0. The van der Waals surface area contributed by atoms with Gasteiger partial charge in [-0.05, 0) is 18.2 Å². The second-order valence-corrected chi connectivity index (χ2v) is 3.20. The van der Waals surface area contributed by atoms with Crippen molar-refractivity contribution in [1.29, 1.82) is 0 Å². The lowest BCUT2D eigenvalue weighted by Crippen LogP contribution is -2.12. The number of hydrogen-bond acceptors (Lipinski definition) is 1. The van der Waals surface area contributed by atoms with Crippen LogP contribution in [0.1, 0.15) is 24.2 Å². The molecular weight excluding hydrogens is 273 g/mol. The predicted octanol–water partition coefficient (Wildman–Crippen LogP) is 4.06. The summed E-state index contributed by atoms with van der Waals surface area (Å²) in [5, 5.41) is 0. The maximum atomic E-state index is 12.8. The minimum absolute atomic E-state index is 0.387. The fraction of sp³-hybridized carbons (Fsp3) is 0.300. The van der Waals surface area contributed by atoms with E-state index in [0.717, 1.165) is 12.1 Å². The van der Waals surface area contributed by atoms with Crippen LogP contribution < -0.4 is 0 Å². The van der Waals surface area contributed by atoms with Crippen LogP contribution in [0, 0.1) is 5.82 Å². The van der Waals surface area contributed by atoms with Crippen LogP contribution in [0.4, 0.5) is 13.2 Å². The Morgan fingerprint density at radius 2 is 1.87 bits per heavy atom. The van der Waals surface area contributed by atoms with Crippen LogP contribution in [-0.4, -0.2) is 12.2 Å². The van der Waals surface area contributed by atoms with Crippen molar-refractivity contribution in [3.8, 4) is 0 Å². The summed E-state index contributed by atoms with van der Waals surface area (Å²) in [7, 11) is 0. The van der Waals surface area contributed by atoms with E-state index < -0.39 is 23.6 Å². The number of Topliss-reactive ketones (excluding diaryl/α,β-unsaturated/α-hetero) is 1. The summed E-state index contributed by atoms with van der Waals surface area (Å²) in [6, 6.07) is 3.32. The Bertz CT molecular complexity index is 339. The van der Waals surface area contributed by atoms with Gasteiger partial charge >= 0.3 is 6.43 Å². The van der Waals surface area contributed by atoms with Crippen LogP contribution in [0.5, 0.6) is 0 Å². The third kappa shape index (κ3) is 4.03. The van der Waals surface area contributed by atoms with E-state index in [-0.39, 0.29) is 0 Å². The monoisotopic (exact) mass is 282 g/mol. The first kappa shape index (κ1) is 14.2. The molecule has 0 heterocycles. The van der Waals surface area contributed by atoms with Gasteiger partial charge in [0.05, 0.1) is 5.56 Å². The van der Waals surface area contributed by atoms with Crippen molar-refractivity contribution in [2.45, 2.75) is 20.3 Å². The first-order valence-electron chi connectivity index (χ1n) is 4.30. The minimum atomic E-state index is -3.18. The van der Waals surface area contributed by atoms with Crippen molar-refractivity contribution in [1.82, 2.24) is 0 Å². The molecule has 0 aliphatic carbocycles. The highest BCUT2D eigenvalue weighted by Crippen LogP contribution is 2.18. The second kappa shape index (κ2) is 6.61. The highest BCUT2D eigenvalue weighted by Gasteiger charge is 2.21. The molecule has 5 heteroatoms. The maximum absolute atomic E-state index is 12.8. The van der Waals surface area contributed by atoms with Crippen LogP contribution in [0.2, 0.25) is 0 Å². The average molecular weight is 283 g/mol. The molecule has 0 spiro atoms. The molecule has 0 saturated heterocycles. The van der Waals surface area contributed by atoms with Crippen LogP contribution in [0.15, 0.2) is 22.7 Å². The van der Waals surface area contributed by atoms with E-state index in [1.54, 1.807) is 0 Å². The van der Waals surface area contributed by atoms with Gasteiger partial charge in [-0.15, -0.1) is 0 Å². The van der Waals surface area contributed by atoms with Gasteiger partial charge in [0.1, 0.15) is 5.82 Å². The number of alkyl halides is 2. The summed E-state index contributed by atoms with van der Waals surface area (Å²) in [4.78, 5) is 10.7. The fourth-order valence-electron chi connectivity index (χ4n) is 0.804. The second-order valence-electron chi connectivity index (χ2n) is 2.29. The molecular formula is C10H10BrF3O. The third-order valence-corrected chi connectivity index (χ3v) is 1.89. The Balaban J connectivity index is 0.000000921. The quantitative estimate of drug-likeness (QED) is 0.748. The van der Waals surface area contributed by atoms with Gasteiger partial charge in [0.15, 0.2) is 0 Å². The molecule has 0 unspecified atom stereocenters. The zero-order chi connectivity index (χ0) is 12.0. The van der Waals surface area contributed by atoms with Gasteiger partial charge in [-0.2, -0.15) is 0 Å². The molecule has 0 bridgehead atoms. The number of hydrogen-bond donors (Lipinski definition) is 0. The number of ketones is 1. The van der Waals surface area contributed by atoms with Crippen LogP contribution in [-0.2, 0) is 0 Å². The SMILES string of the molecule is CC.O=C(c1cc(Br)ccc1F)C(F)F. The summed E-state index contributed by atoms with van der Waals surface area (Å²) >= 11 is 2.95. The van der Waals surface area contributed by atoms with Crippen LogP contribution in [0.3, 0.4) is 0 Å². The minimum Gasteiger partial charge on any atom is -0.288 e. The highest BCUT2D eigenvalue weighted by atomic mass is 79.9. The number of rotatable bonds is 2. The zero-order valence-electron chi connectivity index (χ0n) is 8.23. The van der Waals surface area contributed by atoms with E-state index in [0.29, 0.717) is 4.47 Å². The Morgan fingerprint density at radius 3 is 2.33 bits per heavy atom. The standard InChI is InChI=1S/C8H4BrF3O.C2H6/c9-4-1-2-6(10)5(3-4)7(13)8(11)12;1-2/h1-3,8H;1-2H3. The lowest BCUT2D eigenvalue weighted by Gasteiger charge is -2.01. The first-order valence-corrected chi connectivity index (χ1v) is 5.09. The molecule has 0 aliphatic rings. The van der Waals surface area contributed by atoms with Crippen molar-refractivity contribution in [3.05, 3.63) is 34.1 Å². The van der Waals surface area contributed by atoms with E-state index in [1.165, 1.54) is 6.07 Å². The van der Waals surface area contributed by atoms with Gasteiger partial charge in [-0.1, -0.05) is 29.8 Å². The van der Waals surface area contributed by atoms with Gasteiger partial charge in [-0.3, -0.25) is 4.79 Å². The molecule has 0 radical (unpaired) electrons. The number of halogens is 4. The number of carbonyl (C=O) groups excluding carboxylic acids is 1. The molecule has 0 saturated carbocycles. The van der Waals surface area contributed by atoms with E-state index in [2.05, 4.69) is 15.9 Å². The van der Waals surface area contributed by atoms with E-state index in [4.69, 9.17) is 0 Å². The van der Waals surface area contributed by atoms with Crippen molar-refractivity contribution in [3.63, 3.8) is 0 Å². The molecule has 0 aliphatic heterocycles. The number of carbonyl (C=O) groups is 1. The molecule has 0 aromatic heterocycles. The third-order valence-electron chi connectivity index (χ3n) is 1.39. The van der Waals surface area contributed by atoms with E-state index in [9.17, 15) is 18.0 Å². The molecule has 0 fully saturated rings. The average Bonchev–Trinajstić information content (AvgIpc) is 2.23. The molecule has 0 atom stereocenters. The van der Waals surface area contributed by atoms with Crippen LogP contribution >= 0.6 is 15.9 Å². The largest absolute Gasteiger partial charge is 0.300 e. The van der Waals surface area contributed by atoms with Crippen molar-refractivity contribution < 1.29 is 18.0 Å². The Hall–Kier alpha value is -0.840. The van der Waals surface area contributed by atoms with Gasteiger partial charge < -0.3 is 0 Å². The lowest BCUT2D eigenvalue weighted by atomic mass is 10.1. The Morgan fingerprint density at radius 1 is 1.33 bits per heavy atom. The molecule has 1 nitrogen and oxygen atoms in total. The predicted molar refractivity (Wildman–Crippen MR) is 55.8 cm³/mol. The van der Waals surface area contributed by atoms with Gasteiger partial charge in [0.2, 0.25) is 5.78 Å². The van der Waals surface area contributed by atoms with E-state index in [1.807, 2.05) is 13.8 Å². The van der Waals surface area contributed by atoms with Crippen molar-refractivity contribution >= 4 is 21.7 Å². The summed E-state index contributed by atoms with van der Waals surface area (Å²) in [6.07, 6.45) is -3.18. The summed E-state index contributed by atoms with van der Waals surface area (Å²) in [6.45, 7) is 4.00. The normalized spacial score (nSPS) is 9.53. The van der Waals surface area contributed by atoms with Crippen LogP contribution in [0.25, 0.3) is 0 Å². The lowest BCUT2D eigenvalue weighted by molar-refractivity contribution is 0.0674. The molecule has 1 aromatic rings. The highest BCUT2D eigenvalue weighted by molar-refractivity contribution is 9.10. The smallest absolute Gasteiger partial charge is 0.288 e.